The van der Waals surface area contributed by atoms with Gasteiger partial charge in [-0.1, -0.05) is 6.92 Å². The van der Waals surface area contributed by atoms with E-state index in [-0.39, 0.29) is 24.7 Å². The van der Waals surface area contributed by atoms with Crippen LogP contribution in [-0.4, -0.2) is 11.1 Å². The molecule has 3 N–H and O–H groups in total. The van der Waals surface area contributed by atoms with E-state index in [4.69, 9.17) is 10.8 Å². The Hall–Kier alpha value is -0.740. The number of carboxylic acid groups (broad SMARTS) is 1. The molecular formula is C10H16ClNO2S. The molecule has 0 bridgehead atoms. The number of thiophene rings is 1. The number of aliphatic carboxylic acids is 1. The van der Waals surface area contributed by atoms with E-state index in [1.54, 1.807) is 11.3 Å². The van der Waals surface area contributed by atoms with Crippen molar-refractivity contribution in [3.8, 4) is 0 Å². The second-order valence-electron chi connectivity index (χ2n) is 3.54. The van der Waals surface area contributed by atoms with Gasteiger partial charge >= 0.3 is 5.97 Å². The number of hydrogen-bond donors (Lipinski definition) is 2. The minimum atomic E-state index is -0.725. The SMILES string of the molecule is CC(CCc1sccc1N)CC(=O)O.Cl. The van der Waals surface area contributed by atoms with Crippen molar-refractivity contribution in [3.05, 3.63) is 16.3 Å². The van der Waals surface area contributed by atoms with Gasteiger partial charge in [-0.15, -0.1) is 23.7 Å². The largest absolute Gasteiger partial charge is 0.481 e. The molecule has 5 heteroatoms. The lowest BCUT2D eigenvalue weighted by atomic mass is 10.0. The molecular weight excluding hydrogens is 234 g/mol. The van der Waals surface area contributed by atoms with Crippen molar-refractivity contribution in [3.63, 3.8) is 0 Å². The van der Waals surface area contributed by atoms with Crippen LogP contribution in [0.15, 0.2) is 11.4 Å². The van der Waals surface area contributed by atoms with E-state index in [1.807, 2.05) is 18.4 Å². The van der Waals surface area contributed by atoms with Crippen LogP contribution < -0.4 is 5.73 Å². The zero-order valence-corrected chi connectivity index (χ0v) is 10.2. The Morgan fingerprint density at radius 2 is 2.33 bits per heavy atom. The Balaban J connectivity index is 0.00000196. The normalized spacial score (nSPS) is 11.8. The number of aryl methyl sites for hydroxylation is 1. The van der Waals surface area contributed by atoms with Crippen LogP contribution in [0.5, 0.6) is 0 Å². The number of nitrogens with two attached hydrogens (primary N) is 1. The Morgan fingerprint density at radius 3 is 2.80 bits per heavy atom. The molecule has 1 aromatic heterocycles. The minimum Gasteiger partial charge on any atom is -0.481 e. The van der Waals surface area contributed by atoms with Crippen LogP contribution in [0.4, 0.5) is 5.69 Å². The number of carbonyl (C=O) groups is 1. The van der Waals surface area contributed by atoms with Crippen LogP contribution in [-0.2, 0) is 11.2 Å². The van der Waals surface area contributed by atoms with Crippen molar-refractivity contribution < 1.29 is 9.90 Å². The van der Waals surface area contributed by atoms with E-state index in [9.17, 15) is 4.79 Å². The van der Waals surface area contributed by atoms with E-state index in [0.29, 0.717) is 0 Å². The van der Waals surface area contributed by atoms with Crippen LogP contribution in [0.2, 0.25) is 0 Å². The van der Waals surface area contributed by atoms with E-state index in [0.717, 1.165) is 18.5 Å². The molecule has 1 aromatic rings. The molecule has 1 rings (SSSR count). The first kappa shape index (κ1) is 14.3. The molecule has 0 amide bonds. The summed E-state index contributed by atoms with van der Waals surface area (Å²) in [6.45, 7) is 1.96. The van der Waals surface area contributed by atoms with E-state index in [2.05, 4.69) is 0 Å². The maximum Gasteiger partial charge on any atom is 0.303 e. The predicted molar refractivity (Wildman–Crippen MR) is 65.7 cm³/mol. The fraction of sp³-hybridized carbons (Fsp3) is 0.500. The van der Waals surface area contributed by atoms with E-state index >= 15 is 0 Å². The molecule has 0 radical (unpaired) electrons. The zero-order valence-electron chi connectivity index (χ0n) is 8.60. The fourth-order valence-electron chi connectivity index (χ4n) is 1.33. The predicted octanol–water partition coefficient (Wildman–Crippen LogP) is 2.80. The molecule has 0 saturated carbocycles. The molecule has 1 atom stereocenters. The Kier molecular flexibility index (Phi) is 6.36. The van der Waals surface area contributed by atoms with Gasteiger partial charge in [0.05, 0.1) is 0 Å². The molecule has 0 aliphatic rings. The number of halogens is 1. The summed E-state index contributed by atoms with van der Waals surface area (Å²) in [5.41, 5.74) is 6.55. The highest BCUT2D eigenvalue weighted by Gasteiger charge is 2.09. The highest BCUT2D eigenvalue weighted by Crippen LogP contribution is 2.22. The number of nitrogen functional groups attached to an aromatic ring is 1. The third-order valence-corrected chi connectivity index (χ3v) is 3.16. The van der Waals surface area contributed by atoms with E-state index in [1.165, 1.54) is 4.88 Å². The van der Waals surface area contributed by atoms with Crippen LogP contribution in [0.25, 0.3) is 0 Å². The van der Waals surface area contributed by atoms with Crippen molar-refractivity contribution in [1.29, 1.82) is 0 Å². The van der Waals surface area contributed by atoms with Crippen LogP contribution in [0.3, 0.4) is 0 Å². The summed E-state index contributed by atoms with van der Waals surface area (Å²) in [7, 11) is 0. The molecule has 0 spiro atoms. The van der Waals surface area contributed by atoms with Gasteiger partial charge in [0.1, 0.15) is 0 Å². The number of rotatable bonds is 5. The maximum atomic E-state index is 10.4. The Labute approximate surface area is 99.7 Å². The van der Waals surface area contributed by atoms with Gasteiger partial charge < -0.3 is 10.8 Å². The van der Waals surface area contributed by atoms with Gasteiger partial charge in [-0.2, -0.15) is 0 Å². The maximum absolute atomic E-state index is 10.4. The van der Waals surface area contributed by atoms with Gasteiger partial charge in [0, 0.05) is 17.0 Å². The molecule has 0 aliphatic heterocycles. The molecule has 15 heavy (non-hydrogen) atoms. The summed E-state index contributed by atoms with van der Waals surface area (Å²) in [4.78, 5) is 11.6. The van der Waals surface area contributed by atoms with Crippen molar-refractivity contribution in [2.24, 2.45) is 5.92 Å². The summed E-state index contributed by atoms with van der Waals surface area (Å²) in [6, 6.07) is 1.89. The molecule has 0 saturated heterocycles. The second-order valence-corrected chi connectivity index (χ2v) is 4.54. The van der Waals surface area contributed by atoms with Crippen LogP contribution >= 0.6 is 23.7 Å². The number of carboxylic acids is 1. The molecule has 0 fully saturated rings. The first-order valence-corrected chi connectivity index (χ1v) is 5.51. The molecule has 3 nitrogen and oxygen atoms in total. The lowest BCUT2D eigenvalue weighted by molar-refractivity contribution is -0.138. The van der Waals surface area contributed by atoms with Gasteiger partial charge in [0.2, 0.25) is 0 Å². The first-order chi connectivity index (χ1) is 6.59. The number of anilines is 1. The van der Waals surface area contributed by atoms with Gasteiger partial charge in [0.15, 0.2) is 0 Å². The van der Waals surface area contributed by atoms with Crippen LogP contribution in [0.1, 0.15) is 24.6 Å². The van der Waals surface area contributed by atoms with Crippen molar-refractivity contribution in [2.45, 2.75) is 26.2 Å². The van der Waals surface area contributed by atoms with Gasteiger partial charge in [-0.25, -0.2) is 0 Å². The highest BCUT2D eigenvalue weighted by atomic mass is 35.5. The Bertz CT molecular complexity index is 314. The molecule has 1 unspecified atom stereocenters. The van der Waals surface area contributed by atoms with Gasteiger partial charge in [0.25, 0.3) is 0 Å². The number of hydrogen-bond acceptors (Lipinski definition) is 3. The highest BCUT2D eigenvalue weighted by molar-refractivity contribution is 7.10. The smallest absolute Gasteiger partial charge is 0.303 e. The summed E-state index contributed by atoms with van der Waals surface area (Å²) in [5.74, 6) is -0.509. The topological polar surface area (TPSA) is 63.3 Å². The monoisotopic (exact) mass is 249 g/mol. The standard InChI is InChI=1S/C10H15NO2S.ClH/c1-7(6-10(12)13)2-3-9-8(11)4-5-14-9;/h4-5,7H,2-3,6,11H2,1H3,(H,12,13);1H. The lowest BCUT2D eigenvalue weighted by Gasteiger charge is -2.07. The molecule has 86 valence electrons. The third-order valence-electron chi connectivity index (χ3n) is 2.17. The summed E-state index contributed by atoms with van der Waals surface area (Å²) >= 11 is 1.64. The summed E-state index contributed by atoms with van der Waals surface area (Å²) in [5, 5.41) is 10.5. The van der Waals surface area contributed by atoms with Gasteiger partial charge in [-0.3, -0.25) is 4.79 Å². The second kappa shape index (κ2) is 6.69. The minimum absolute atomic E-state index is 0. The fourth-order valence-corrected chi connectivity index (χ4v) is 2.15. The quantitative estimate of drug-likeness (QED) is 0.844. The van der Waals surface area contributed by atoms with Crippen molar-refractivity contribution >= 4 is 35.4 Å². The lowest BCUT2D eigenvalue weighted by Crippen LogP contribution is -2.05. The van der Waals surface area contributed by atoms with E-state index < -0.39 is 5.97 Å². The molecule has 0 aliphatic carbocycles. The average molecular weight is 250 g/mol. The summed E-state index contributed by atoms with van der Waals surface area (Å²) in [6.07, 6.45) is 2.01. The average Bonchev–Trinajstić information content (AvgIpc) is 2.46. The van der Waals surface area contributed by atoms with Crippen molar-refractivity contribution in [1.82, 2.24) is 0 Å². The van der Waals surface area contributed by atoms with Crippen LogP contribution in [0, 0.1) is 5.92 Å². The first-order valence-electron chi connectivity index (χ1n) is 4.63. The molecule has 0 aromatic carbocycles. The third kappa shape index (κ3) is 5.04. The van der Waals surface area contributed by atoms with Gasteiger partial charge in [-0.05, 0) is 30.2 Å². The summed E-state index contributed by atoms with van der Waals surface area (Å²) < 4.78 is 0. The Morgan fingerprint density at radius 1 is 1.67 bits per heavy atom. The van der Waals surface area contributed by atoms with Crippen molar-refractivity contribution in [2.75, 3.05) is 5.73 Å². The molecule has 1 heterocycles. The zero-order chi connectivity index (χ0) is 10.6.